The SMILES string of the molecule is CN(C)CCNc1ccnc(N2CCN(c3ccccc3)CC2)n1. The van der Waals surface area contributed by atoms with Gasteiger partial charge in [-0.25, -0.2) is 4.98 Å². The average molecular weight is 326 g/mol. The standard InChI is InChI=1S/C18H26N6/c1-22(2)11-10-19-17-8-9-20-18(21-17)24-14-12-23(13-15-24)16-6-4-3-5-7-16/h3-9H,10-15H2,1-2H3,(H,19,20,21). The summed E-state index contributed by atoms with van der Waals surface area (Å²) in [6, 6.07) is 12.5. The van der Waals surface area contributed by atoms with E-state index in [0.717, 1.165) is 51.0 Å². The van der Waals surface area contributed by atoms with Crippen LogP contribution in [0.15, 0.2) is 42.6 Å². The van der Waals surface area contributed by atoms with Crippen molar-refractivity contribution in [3.8, 4) is 0 Å². The van der Waals surface area contributed by atoms with E-state index < -0.39 is 0 Å². The summed E-state index contributed by atoms with van der Waals surface area (Å²) in [5, 5.41) is 3.36. The van der Waals surface area contributed by atoms with E-state index in [1.807, 2.05) is 12.3 Å². The molecule has 0 amide bonds. The van der Waals surface area contributed by atoms with Gasteiger partial charge in [0.05, 0.1) is 0 Å². The van der Waals surface area contributed by atoms with Crippen LogP contribution in [0.4, 0.5) is 17.5 Å². The van der Waals surface area contributed by atoms with E-state index in [1.54, 1.807) is 0 Å². The number of nitrogens with one attached hydrogen (secondary N) is 1. The van der Waals surface area contributed by atoms with Crippen molar-refractivity contribution in [1.82, 2.24) is 14.9 Å². The minimum Gasteiger partial charge on any atom is -0.369 e. The molecule has 2 aromatic rings. The lowest BCUT2D eigenvalue weighted by atomic mass is 10.2. The molecule has 2 heterocycles. The maximum atomic E-state index is 4.66. The topological polar surface area (TPSA) is 47.5 Å². The number of rotatable bonds is 6. The molecular formula is C18H26N6. The highest BCUT2D eigenvalue weighted by atomic mass is 15.3. The van der Waals surface area contributed by atoms with Crippen molar-refractivity contribution in [3.05, 3.63) is 42.6 Å². The Morgan fingerprint density at radius 2 is 1.71 bits per heavy atom. The largest absolute Gasteiger partial charge is 0.369 e. The lowest BCUT2D eigenvalue weighted by molar-refractivity contribution is 0.425. The molecule has 24 heavy (non-hydrogen) atoms. The average Bonchev–Trinajstić information content (AvgIpc) is 2.63. The molecule has 6 heteroatoms. The van der Waals surface area contributed by atoms with E-state index in [1.165, 1.54) is 5.69 Å². The highest BCUT2D eigenvalue weighted by Crippen LogP contribution is 2.18. The molecule has 1 N–H and O–H groups in total. The number of nitrogens with zero attached hydrogens (tertiary/aromatic N) is 5. The molecule has 1 saturated heterocycles. The van der Waals surface area contributed by atoms with Crippen LogP contribution >= 0.6 is 0 Å². The molecule has 1 aliphatic rings. The molecular weight excluding hydrogens is 300 g/mol. The van der Waals surface area contributed by atoms with Crippen molar-refractivity contribution in [2.75, 3.05) is 68.5 Å². The van der Waals surface area contributed by atoms with Crippen molar-refractivity contribution >= 4 is 17.5 Å². The fourth-order valence-electron chi connectivity index (χ4n) is 2.81. The predicted molar refractivity (Wildman–Crippen MR) is 99.9 cm³/mol. The number of para-hydroxylation sites is 1. The molecule has 0 bridgehead atoms. The highest BCUT2D eigenvalue weighted by Gasteiger charge is 2.19. The summed E-state index contributed by atoms with van der Waals surface area (Å²) in [5.41, 5.74) is 1.29. The number of benzene rings is 1. The number of hydrogen-bond acceptors (Lipinski definition) is 6. The quantitative estimate of drug-likeness (QED) is 0.873. The summed E-state index contributed by atoms with van der Waals surface area (Å²) in [6.45, 7) is 5.73. The number of piperazine rings is 1. The Kier molecular flexibility index (Phi) is 5.48. The third kappa shape index (κ3) is 4.35. The van der Waals surface area contributed by atoms with Crippen molar-refractivity contribution in [1.29, 1.82) is 0 Å². The van der Waals surface area contributed by atoms with Crippen molar-refractivity contribution < 1.29 is 0 Å². The Balaban J connectivity index is 1.56. The van der Waals surface area contributed by atoms with Gasteiger partial charge < -0.3 is 20.0 Å². The monoisotopic (exact) mass is 326 g/mol. The molecule has 0 aliphatic carbocycles. The number of hydrogen-bond donors (Lipinski definition) is 1. The van der Waals surface area contributed by atoms with Gasteiger partial charge in [-0.3, -0.25) is 0 Å². The smallest absolute Gasteiger partial charge is 0.227 e. The van der Waals surface area contributed by atoms with Crippen LogP contribution in [0.3, 0.4) is 0 Å². The van der Waals surface area contributed by atoms with Gasteiger partial charge in [-0.15, -0.1) is 0 Å². The van der Waals surface area contributed by atoms with E-state index >= 15 is 0 Å². The normalized spacial score (nSPS) is 15.0. The molecule has 0 unspecified atom stereocenters. The third-order valence-corrected chi connectivity index (χ3v) is 4.19. The van der Waals surface area contributed by atoms with E-state index in [9.17, 15) is 0 Å². The summed E-state index contributed by atoms with van der Waals surface area (Å²) in [6.07, 6.45) is 1.84. The Morgan fingerprint density at radius 3 is 2.42 bits per heavy atom. The Labute approximate surface area is 144 Å². The van der Waals surface area contributed by atoms with Gasteiger partial charge in [0.25, 0.3) is 0 Å². The summed E-state index contributed by atoms with van der Waals surface area (Å²) < 4.78 is 0. The van der Waals surface area contributed by atoms with Gasteiger partial charge in [-0.2, -0.15) is 4.98 Å². The number of anilines is 3. The number of aromatic nitrogens is 2. The van der Waals surface area contributed by atoms with E-state index in [0.29, 0.717) is 0 Å². The fraction of sp³-hybridized carbons (Fsp3) is 0.444. The summed E-state index contributed by atoms with van der Waals surface area (Å²) in [4.78, 5) is 15.9. The van der Waals surface area contributed by atoms with Gasteiger partial charge in [0, 0.05) is 51.2 Å². The molecule has 1 aliphatic heterocycles. The van der Waals surface area contributed by atoms with Gasteiger partial charge in [0.15, 0.2) is 0 Å². The number of likely N-dealkylation sites (N-methyl/N-ethyl adjacent to an activating group) is 1. The van der Waals surface area contributed by atoms with Crippen LogP contribution in [-0.4, -0.2) is 68.2 Å². The molecule has 1 aromatic carbocycles. The van der Waals surface area contributed by atoms with Gasteiger partial charge >= 0.3 is 0 Å². The molecule has 1 aromatic heterocycles. The summed E-state index contributed by atoms with van der Waals surface area (Å²) >= 11 is 0. The molecule has 128 valence electrons. The third-order valence-electron chi connectivity index (χ3n) is 4.19. The highest BCUT2D eigenvalue weighted by molar-refractivity contribution is 5.49. The first-order valence-electron chi connectivity index (χ1n) is 8.49. The second kappa shape index (κ2) is 7.97. The fourth-order valence-corrected chi connectivity index (χ4v) is 2.81. The lowest BCUT2D eigenvalue weighted by Gasteiger charge is -2.36. The molecule has 3 rings (SSSR count). The predicted octanol–water partition coefficient (Wildman–Crippen LogP) is 1.78. The first kappa shape index (κ1) is 16.5. The van der Waals surface area contributed by atoms with Crippen LogP contribution in [0.1, 0.15) is 0 Å². The minimum absolute atomic E-state index is 0.817. The Morgan fingerprint density at radius 1 is 1.00 bits per heavy atom. The van der Waals surface area contributed by atoms with Crippen LogP contribution in [0, 0.1) is 0 Å². The van der Waals surface area contributed by atoms with Crippen molar-refractivity contribution in [2.45, 2.75) is 0 Å². The summed E-state index contributed by atoms with van der Waals surface area (Å²) in [7, 11) is 4.14. The molecule has 0 spiro atoms. The molecule has 0 radical (unpaired) electrons. The van der Waals surface area contributed by atoms with E-state index in [4.69, 9.17) is 0 Å². The van der Waals surface area contributed by atoms with Crippen LogP contribution in [-0.2, 0) is 0 Å². The zero-order valence-corrected chi connectivity index (χ0v) is 14.5. The molecule has 6 nitrogen and oxygen atoms in total. The lowest BCUT2D eigenvalue weighted by Crippen LogP contribution is -2.47. The maximum absolute atomic E-state index is 4.66. The van der Waals surface area contributed by atoms with E-state index in [2.05, 4.69) is 74.4 Å². The Hall–Kier alpha value is -2.34. The van der Waals surface area contributed by atoms with Gasteiger partial charge in [0.1, 0.15) is 5.82 Å². The van der Waals surface area contributed by atoms with Crippen LogP contribution in [0.5, 0.6) is 0 Å². The zero-order valence-electron chi connectivity index (χ0n) is 14.5. The van der Waals surface area contributed by atoms with Gasteiger partial charge in [0.2, 0.25) is 5.95 Å². The van der Waals surface area contributed by atoms with Crippen LogP contribution in [0.25, 0.3) is 0 Å². The second-order valence-electron chi connectivity index (χ2n) is 6.28. The first-order chi connectivity index (χ1) is 11.7. The van der Waals surface area contributed by atoms with E-state index in [-0.39, 0.29) is 0 Å². The summed E-state index contributed by atoms with van der Waals surface area (Å²) in [5.74, 6) is 1.71. The zero-order chi connectivity index (χ0) is 16.8. The maximum Gasteiger partial charge on any atom is 0.227 e. The van der Waals surface area contributed by atoms with Gasteiger partial charge in [-0.1, -0.05) is 18.2 Å². The minimum atomic E-state index is 0.817. The first-order valence-corrected chi connectivity index (χ1v) is 8.49. The molecule has 0 saturated carbocycles. The molecule has 0 atom stereocenters. The van der Waals surface area contributed by atoms with Crippen molar-refractivity contribution in [3.63, 3.8) is 0 Å². The van der Waals surface area contributed by atoms with Crippen LogP contribution in [0.2, 0.25) is 0 Å². The van der Waals surface area contributed by atoms with Gasteiger partial charge in [-0.05, 0) is 32.3 Å². The van der Waals surface area contributed by atoms with Crippen molar-refractivity contribution in [2.24, 2.45) is 0 Å². The molecule has 1 fully saturated rings. The second-order valence-corrected chi connectivity index (χ2v) is 6.28. The Bertz CT molecular complexity index is 622. The van der Waals surface area contributed by atoms with Crippen LogP contribution < -0.4 is 15.1 Å².